The molecule has 0 aliphatic carbocycles. The first-order valence-corrected chi connectivity index (χ1v) is 11.3. The SMILES string of the molecule is CCOc1ccccc1NC(=O)C1=C(C)Nc2ncnn2C1c1ccc(N(CC)CC)cc1. The number of ether oxygens (including phenoxy) is 1. The molecule has 1 aromatic heterocycles. The zero-order chi connectivity index (χ0) is 23.4. The van der Waals surface area contributed by atoms with Gasteiger partial charge in [0.25, 0.3) is 5.91 Å². The largest absolute Gasteiger partial charge is 0.492 e. The Bertz CT molecular complexity index is 1150. The fourth-order valence-electron chi connectivity index (χ4n) is 4.19. The second kappa shape index (κ2) is 9.77. The van der Waals surface area contributed by atoms with Crippen LogP contribution >= 0.6 is 0 Å². The summed E-state index contributed by atoms with van der Waals surface area (Å²) in [5, 5.41) is 10.7. The number of benzene rings is 2. The summed E-state index contributed by atoms with van der Waals surface area (Å²) < 4.78 is 7.44. The van der Waals surface area contributed by atoms with E-state index in [1.54, 1.807) is 4.68 Å². The third-order valence-electron chi connectivity index (χ3n) is 5.81. The van der Waals surface area contributed by atoms with Gasteiger partial charge in [0, 0.05) is 24.5 Å². The van der Waals surface area contributed by atoms with Gasteiger partial charge in [-0.3, -0.25) is 4.79 Å². The van der Waals surface area contributed by atoms with Gasteiger partial charge in [0.1, 0.15) is 18.1 Å². The van der Waals surface area contributed by atoms with Crippen molar-refractivity contribution in [3.63, 3.8) is 0 Å². The molecule has 2 N–H and O–H groups in total. The number of hydrogen-bond donors (Lipinski definition) is 2. The molecule has 33 heavy (non-hydrogen) atoms. The van der Waals surface area contributed by atoms with Gasteiger partial charge in [0.15, 0.2) is 0 Å². The molecule has 2 heterocycles. The van der Waals surface area contributed by atoms with E-state index >= 15 is 0 Å². The summed E-state index contributed by atoms with van der Waals surface area (Å²) >= 11 is 0. The highest BCUT2D eigenvalue weighted by atomic mass is 16.5. The van der Waals surface area contributed by atoms with E-state index in [9.17, 15) is 4.79 Å². The predicted molar refractivity (Wildman–Crippen MR) is 131 cm³/mol. The normalized spacial score (nSPS) is 15.0. The molecule has 172 valence electrons. The second-order valence-corrected chi connectivity index (χ2v) is 7.74. The highest BCUT2D eigenvalue weighted by molar-refractivity contribution is 6.06. The fourth-order valence-corrected chi connectivity index (χ4v) is 4.19. The van der Waals surface area contributed by atoms with Gasteiger partial charge in [-0.2, -0.15) is 10.1 Å². The summed E-state index contributed by atoms with van der Waals surface area (Å²) in [4.78, 5) is 20.2. The smallest absolute Gasteiger partial charge is 0.255 e. The van der Waals surface area contributed by atoms with Crippen LogP contribution in [0, 0.1) is 0 Å². The monoisotopic (exact) mass is 446 g/mol. The Hall–Kier alpha value is -3.81. The number of nitrogens with one attached hydrogen (secondary N) is 2. The first-order valence-electron chi connectivity index (χ1n) is 11.3. The summed E-state index contributed by atoms with van der Waals surface area (Å²) in [6.07, 6.45) is 1.50. The molecule has 4 rings (SSSR count). The van der Waals surface area contributed by atoms with Crippen molar-refractivity contribution in [1.82, 2.24) is 14.8 Å². The molecule has 1 amide bonds. The number of nitrogens with zero attached hydrogens (tertiary/aromatic N) is 4. The van der Waals surface area contributed by atoms with Crippen molar-refractivity contribution < 1.29 is 9.53 Å². The zero-order valence-electron chi connectivity index (χ0n) is 19.5. The number of rotatable bonds is 8. The average Bonchev–Trinajstić information content (AvgIpc) is 3.29. The van der Waals surface area contributed by atoms with Crippen LogP contribution in [0.2, 0.25) is 0 Å². The van der Waals surface area contributed by atoms with Crippen molar-refractivity contribution in [2.45, 2.75) is 33.7 Å². The molecule has 3 aromatic rings. The quantitative estimate of drug-likeness (QED) is 0.532. The number of para-hydroxylation sites is 2. The van der Waals surface area contributed by atoms with E-state index in [-0.39, 0.29) is 5.91 Å². The molecule has 1 atom stereocenters. The highest BCUT2D eigenvalue weighted by Crippen LogP contribution is 2.36. The lowest BCUT2D eigenvalue weighted by molar-refractivity contribution is -0.113. The molecule has 0 bridgehead atoms. The van der Waals surface area contributed by atoms with Crippen LogP contribution in [-0.4, -0.2) is 40.4 Å². The van der Waals surface area contributed by atoms with E-state index < -0.39 is 6.04 Å². The van der Waals surface area contributed by atoms with Crippen LogP contribution in [-0.2, 0) is 4.79 Å². The fraction of sp³-hybridized carbons (Fsp3) is 0.320. The molecule has 2 aromatic carbocycles. The Labute approximate surface area is 194 Å². The Morgan fingerprint density at radius 3 is 2.55 bits per heavy atom. The Morgan fingerprint density at radius 2 is 1.85 bits per heavy atom. The molecule has 1 aliphatic heterocycles. The third-order valence-corrected chi connectivity index (χ3v) is 5.81. The van der Waals surface area contributed by atoms with E-state index in [2.05, 4.69) is 63.7 Å². The summed E-state index contributed by atoms with van der Waals surface area (Å²) in [6.45, 7) is 10.5. The van der Waals surface area contributed by atoms with Gasteiger partial charge in [0.05, 0.1) is 17.9 Å². The van der Waals surface area contributed by atoms with Crippen molar-refractivity contribution in [3.05, 3.63) is 71.7 Å². The first-order chi connectivity index (χ1) is 16.1. The number of carbonyl (C=O) groups excluding carboxylic acids is 1. The van der Waals surface area contributed by atoms with Gasteiger partial charge in [0.2, 0.25) is 5.95 Å². The molecule has 0 fully saturated rings. The number of fused-ring (bicyclic) bond motifs is 1. The van der Waals surface area contributed by atoms with E-state index in [1.807, 2.05) is 38.1 Å². The zero-order valence-corrected chi connectivity index (χ0v) is 19.5. The average molecular weight is 447 g/mol. The molecular weight excluding hydrogens is 416 g/mol. The molecule has 8 heteroatoms. The van der Waals surface area contributed by atoms with Gasteiger partial charge < -0.3 is 20.3 Å². The Kier molecular flexibility index (Phi) is 6.63. The van der Waals surface area contributed by atoms with E-state index in [1.165, 1.54) is 6.33 Å². The molecular formula is C25H30N6O2. The van der Waals surface area contributed by atoms with Crippen LogP contribution in [0.25, 0.3) is 0 Å². The van der Waals surface area contributed by atoms with Crippen LogP contribution in [0.3, 0.4) is 0 Å². The second-order valence-electron chi connectivity index (χ2n) is 7.74. The van der Waals surface area contributed by atoms with Gasteiger partial charge in [-0.15, -0.1) is 0 Å². The summed E-state index contributed by atoms with van der Waals surface area (Å²) in [6, 6.07) is 15.3. The molecule has 0 radical (unpaired) electrons. The number of aromatic nitrogens is 3. The molecule has 1 aliphatic rings. The van der Waals surface area contributed by atoms with Gasteiger partial charge >= 0.3 is 0 Å². The minimum Gasteiger partial charge on any atom is -0.492 e. The lowest BCUT2D eigenvalue weighted by Gasteiger charge is -2.29. The van der Waals surface area contributed by atoms with Crippen LogP contribution < -0.4 is 20.3 Å². The van der Waals surface area contributed by atoms with Crippen LogP contribution in [0.5, 0.6) is 5.75 Å². The van der Waals surface area contributed by atoms with Crippen LogP contribution in [0.4, 0.5) is 17.3 Å². The molecule has 8 nitrogen and oxygen atoms in total. The van der Waals surface area contributed by atoms with Gasteiger partial charge in [-0.05, 0) is 57.5 Å². The number of carbonyl (C=O) groups is 1. The topological polar surface area (TPSA) is 84.3 Å². The third kappa shape index (κ3) is 4.41. The maximum absolute atomic E-state index is 13.6. The number of hydrogen-bond acceptors (Lipinski definition) is 6. The Balaban J connectivity index is 1.71. The van der Waals surface area contributed by atoms with E-state index in [0.29, 0.717) is 29.6 Å². The number of anilines is 3. The summed E-state index contributed by atoms with van der Waals surface area (Å²) in [5.74, 6) is 1.03. The van der Waals surface area contributed by atoms with E-state index in [0.717, 1.165) is 30.0 Å². The molecule has 1 unspecified atom stereocenters. The standard InChI is InChI=1S/C25H30N6O2/c1-5-30(6-2)19-14-12-18(13-15-19)23-22(17(4)28-25-26-16-27-31(23)25)24(32)29-20-10-8-9-11-21(20)33-7-3/h8-16,23H,5-7H2,1-4H3,(H,29,32)(H,26,27,28). The van der Waals surface area contributed by atoms with E-state index in [4.69, 9.17) is 4.74 Å². The van der Waals surface area contributed by atoms with Crippen molar-refractivity contribution >= 4 is 23.2 Å². The van der Waals surface area contributed by atoms with Crippen molar-refractivity contribution in [1.29, 1.82) is 0 Å². The van der Waals surface area contributed by atoms with Crippen LogP contribution in [0.1, 0.15) is 39.3 Å². The van der Waals surface area contributed by atoms with Gasteiger partial charge in [-0.1, -0.05) is 24.3 Å². The number of amides is 1. The molecule has 0 spiro atoms. The summed E-state index contributed by atoms with van der Waals surface area (Å²) in [5.41, 5.74) is 4.05. The first kappa shape index (κ1) is 22.4. The Morgan fingerprint density at radius 1 is 1.12 bits per heavy atom. The maximum atomic E-state index is 13.6. The summed E-state index contributed by atoms with van der Waals surface area (Å²) in [7, 11) is 0. The lowest BCUT2D eigenvalue weighted by Crippen LogP contribution is -2.31. The minimum atomic E-state index is -0.409. The molecule has 0 saturated heterocycles. The van der Waals surface area contributed by atoms with Crippen molar-refractivity contribution in [3.8, 4) is 5.75 Å². The highest BCUT2D eigenvalue weighted by Gasteiger charge is 2.33. The predicted octanol–water partition coefficient (Wildman–Crippen LogP) is 4.45. The minimum absolute atomic E-state index is 0.217. The van der Waals surface area contributed by atoms with Crippen molar-refractivity contribution in [2.24, 2.45) is 0 Å². The number of allylic oxidation sites excluding steroid dienone is 1. The maximum Gasteiger partial charge on any atom is 0.255 e. The van der Waals surface area contributed by atoms with Crippen molar-refractivity contribution in [2.75, 3.05) is 35.2 Å². The van der Waals surface area contributed by atoms with Crippen LogP contribution in [0.15, 0.2) is 66.1 Å². The van der Waals surface area contributed by atoms with Gasteiger partial charge in [-0.25, -0.2) is 4.68 Å². The lowest BCUT2D eigenvalue weighted by atomic mass is 9.94. The molecule has 0 saturated carbocycles.